The van der Waals surface area contributed by atoms with Crippen molar-refractivity contribution in [2.75, 3.05) is 5.32 Å². The highest BCUT2D eigenvalue weighted by Gasteiger charge is 2.08. The number of rotatable bonds is 3. The van der Waals surface area contributed by atoms with Crippen molar-refractivity contribution < 1.29 is 4.79 Å². The third kappa shape index (κ3) is 3.01. The highest BCUT2D eigenvalue weighted by Crippen LogP contribution is 2.13. The zero-order valence-electron chi connectivity index (χ0n) is 12.3. The summed E-state index contributed by atoms with van der Waals surface area (Å²) in [6.07, 6.45) is 3.21. The molecule has 0 atom stereocenters. The fraction of sp³-hybridized carbons (Fsp3) is 0.125. The van der Waals surface area contributed by atoms with E-state index in [0.29, 0.717) is 11.4 Å². The molecule has 0 saturated carbocycles. The first-order valence-electron chi connectivity index (χ1n) is 6.83. The molecule has 3 aromatic rings. The first kappa shape index (κ1) is 13.9. The Morgan fingerprint density at radius 2 is 1.73 bits per heavy atom. The van der Waals surface area contributed by atoms with Gasteiger partial charge in [-0.25, -0.2) is 4.98 Å². The predicted molar refractivity (Wildman–Crippen MR) is 83.0 cm³/mol. The Bertz CT molecular complexity index is 774. The van der Waals surface area contributed by atoms with E-state index in [-0.39, 0.29) is 5.91 Å². The molecule has 0 unspecified atom stereocenters. The lowest BCUT2D eigenvalue weighted by Crippen LogP contribution is -2.13. The van der Waals surface area contributed by atoms with E-state index in [1.165, 1.54) is 0 Å². The average Bonchev–Trinajstić information content (AvgIpc) is 3.00. The fourth-order valence-corrected chi connectivity index (χ4v) is 2.21. The SMILES string of the molecule is Cc1cc(C)nc(NC(=O)c2ccc(-n3cnnc3)cc2)c1. The van der Waals surface area contributed by atoms with Crippen LogP contribution in [0, 0.1) is 13.8 Å². The van der Waals surface area contributed by atoms with Crippen LogP contribution in [0.25, 0.3) is 5.69 Å². The molecule has 0 aliphatic rings. The van der Waals surface area contributed by atoms with Crippen molar-refractivity contribution in [1.29, 1.82) is 0 Å². The third-order valence-corrected chi connectivity index (χ3v) is 3.19. The quantitative estimate of drug-likeness (QED) is 0.805. The van der Waals surface area contributed by atoms with Gasteiger partial charge in [-0.3, -0.25) is 9.36 Å². The summed E-state index contributed by atoms with van der Waals surface area (Å²) in [5.41, 5.74) is 3.40. The van der Waals surface area contributed by atoms with Gasteiger partial charge in [0, 0.05) is 16.9 Å². The monoisotopic (exact) mass is 293 g/mol. The largest absolute Gasteiger partial charge is 0.307 e. The van der Waals surface area contributed by atoms with Gasteiger partial charge in [-0.05, 0) is 55.8 Å². The Morgan fingerprint density at radius 1 is 1.05 bits per heavy atom. The summed E-state index contributed by atoms with van der Waals surface area (Å²) in [5, 5.41) is 10.3. The molecule has 1 N–H and O–H groups in total. The van der Waals surface area contributed by atoms with Crippen LogP contribution in [0.4, 0.5) is 5.82 Å². The van der Waals surface area contributed by atoms with Crippen LogP contribution in [0.5, 0.6) is 0 Å². The van der Waals surface area contributed by atoms with Gasteiger partial charge in [0.2, 0.25) is 0 Å². The molecule has 6 heteroatoms. The van der Waals surface area contributed by atoms with Crippen LogP contribution in [0.3, 0.4) is 0 Å². The van der Waals surface area contributed by atoms with Gasteiger partial charge in [0.1, 0.15) is 18.5 Å². The maximum atomic E-state index is 12.3. The molecule has 0 aliphatic heterocycles. The van der Waals surface area contributed by atoms with E-state index in [1.54, 1.807) is 29.4 Å². The zero-order valence-corrected chi connectivity index (χ0v) is 12.3. The number of aromatic nitrogens is 4. The van der Waals surface area contributed by atoms with Gasteiger partial charge in [0.05, 0.1) is 0 Å². The van der Waals surface area contributed by atoms with Crippen LogP contribution < -0.4 is 5.32 Å². The average molecular weight is 293 g/mol. The summed E-state index contributed by atoms with van der Waals surface area (Å²) in [4.78, 5) is 16.6. The summed E-state index contributed by atoms with van der Waals surface area (Å²) in [5.74, 6) is 0.373. The van der Waals surface area contributed by atoms with E-state index in [1.807, 2.05) is 38.1 Å². The van der Waals surface area contributed by atoms with E-state index < -0.39 is 0 Å². The van der Waals surface area contributed by atoms with Crippen molar-refractivity contribution >= 4 is 11.7 Å². The molecular weight excluding hydrogens is 278 g/mol. The molecule has 0 spiro atoms. The number of nitrogens with zero attached hydrogens (tertiary/aromatic N) is 4. The minimum atomic E-state index is -0.187. The number of carbonyl (C=O) groups excluding carboxylic acids is 1. The molecule has 6 nitrogen and oxygen atoms in total. The summed E-state index contributed by atoms with van der Waals surface area (Å²) in [6, 6.07) is 11.0. The second-order valence-electron chi connectivity index (χ2n) is 5.04. The molecule has 3 rings (SSSR count). The number of hydrogen-bond acceptors (Lipinski definition) is 4. The third-order valence-electron chi connectivity index (χ3n) is 3.19. The van der Waals surface area contributed by atoms with Gasteiger partial charge in [-0.15, -0.1) is 10.2 Å². The summed E-state index contributed by atoms with van der Waals surface area (Å²) < 4.78 is 1.77. The van der Waals surface area contributed by atoms with E-state index >= 15 is 0 Å². The fourth-order valence-electron chi connectivity index (χ4n) is 2.21. The number of hydrogen-bond donors (Lipinski definition) is 1. The number of pyridine rings is 1. The van der Waals surface area contributed by atoms with Crippen molar-refractivity contribution in [3.05, 3.63) is 65.9 Å². The molecule has 110 valence electrons. The lowest BCUT2D eigenvalue weighted by atomic mass is 10.2. The molecule has 0 bridgehead atoms. The van der Waals surface area contributed by atoms with E-state index in [2.05, 4.69) is 20.5 Å². The van der Waals surface area contributed by atoms with Crippen molar-refractivity contribution in [3.8, 4) is 5.69 Å². The van der Waals surface area contributed by atoms with Gasteiger partial charge in [0.15, 0.2) is 0 Å². The number of anilines is 1. The predicted octanol–water partition coefficient (Wildman–Crippen LogP) is 2.53. The molecule has 2 heterocycles. The van der Waals surface area contributed by atoms with E-state index in [9.17, 15) is 4.79 Å². The molecule has 0 radical (unpaired) electrons. The smallest absolute Gasteiger partial charge is 0.256 e. The minimum absolute atomic E-state index is 0.187. The Morgan fingerprint density at radius 3 is 2.36 bits per heavy atom. The van der Waals surface area contributed by atoms with Crippen LogP contribution in [0.1, 0.15) is 21.6 Å². The van der Waals surface area contributed by atoms with Crippen LogP contribution >= 0.6 is 0 Å². The zero-order chi connectivity index (χ0) is 15.5. The minimum Gasteiger partial charge on any atom is -0.307 e. The van der Waals surface area contributed by atoms with Crippen LogP contribution in [0.15, 0.2) is 49.1 Å². The molecule has 22 heavy (non-hydrogen) atoms. The second kappa shape index (κ2) is 5.77. The molecule has 0 aliphatic carbocycles. The standard InChI is InChI=1S/C16H15N5O/c1-11-7-12(2)19-15(8-11)20-16(22)13-3-5-14(6-4-13)21-9-17-18-10-21/h3-10H,1-2H3,(H,19,20,22). The molecule has 0 saturated heterocycles. The molecular formula is C16H15N5O. The maximum Gasteiger partial charge on any atom is 0.256 e. The van der Waals surface area contributed by atoms with Gasteiger partial charge >= 0.3 is 0 Å². The topological polar surface area (TPSA) is 72.7 Å². The first-order valence-corrected chi connectivity index (χ1v) is 6.83. The van der Waals surface area contributed by atoms with Crippen molar-refractivity contribution in [2.24, 2.45) is 0 Å². The molecule has 1 amide bonds. The van der Waals surface area contributed by atoms with Crippen molar-refractivity contribution in [3.63, 3.8) is 0 Å². The lowest BCUT2D eigenvalue weighted by Gasteiger charge is -2.07. The molecule has 2 aromatic heterocycles. The summed E-state index contributed by atoms with van der Waals surface area (Å²) in [7, 11) is 0. The Balaban J connectivity index is 1.77. The van der Waals surface area contributed by atoms with Crippen molar-refractivity contribution in [2.45, 2.75) is 13.8 Å². The lowest BCUT2D eigenvalue weighted by molar-refractivity contribution is 0.102. The highest BCUT2D eigenvalue weighted by molar-refractivity contribution is 6.03. The second-order valence-corrected chi connectivity index (χ2v) is 5.04. The van der Waals surface area contributed by atoms with Crippen LogP contribution in [-0.4, -0.2) is 25.7 Å². The number of carbonyl (C=O) groups is 1. The van der Waals surface area contributed by atoms with Gasteiger partial charge < -0.3 is 5.32 Å². The van der Waals surface area contributed by atoms with E-state index in [0.717, 1.165) is 16.9 Å². The summed E-state index contributed by atoms with van der Waals surface area (Å²) in [6.45, 7) is 3.87. The molecule has 1 aromatic carbocycles. The first-order chi connectivity index (χ1) is 10.6. The Kier molecular flexibility index (Phi) is 3.65. The van der Waals surface area contributed by atoms with Crippen LogP contribution in [-0.2, 0) is 0 Å². The number of amides is 1. The number of nitrogens with one attached hydrogen (secondary N) is 1. The number of aryl methyl sites for hydroxylation is 2. The molecule has 0 fully saturated rings. The number of benzene rings is 1. The highest BCUT2D eigenvalue weighted by atomic mass is 16.1. The van der Waals surface area contributed by atoms with Gasteiger partial charge in [0.25, 0.3) is 5.91 Å². The summed E-state index contributed by atoms with van der Waals surface area (Å²) >= 11 is 0. The van der Waals surface area contributed by atoms with Gasteiger partial charge in [-0.1, -0.05) is 0 Å². The van der Waals surface area contributed by atoms with Crippen LogP contribution in [0.2, 0.25) is 0 Å². The normalized spacial score (nSPS) is 10.5. The Labute approximate surface area is 127 Å². The Hall–Kier alpha value is -3.02. The van der Waals surface area contributed by atoms with E-state index in [4.69, 9.17) is 0 Å². The van der Waals surface area contributed by atoms with Gasteiger partial charge in [-0.2, -0.15) is 0 Å². The maximum absolute atomic E-state index is 12.3. The van der Waals surface area contributed by atoms with Crippen molar-refractivity contribution in [1.82, 2.24) is 19.7 Å².